The number of rotatable bonds is 5. The first kappa shape index (κ1) is 14.1. The molecule has 0 radical (unpaired) electrons. The number of non-ortho nitro benzene ring substituents is 1. The highest BCUT2D eigenvalue weighted by atomic mass is 19.1. The van der Waals surface area contributed by atoms with Crippen molar-refractivity contribution in [3.8, 4) is 0 Å². The largest absolute Gasteiger partial charge is 0.444 e. The van der Waals surface area contributed by atoms with E-state index >= 15 is 0 Å². The molecule has 0 atom stereocenters. The topological polar surface area (TPSA) is 81.2 Å². The predicted molar refractivity (Wildman–Crippen MR) is 69.6 cm³/mol. The van der Waals surface area contributed by atoms with Crippen LogP contribution in [0.25, 0.3) is 0 Å². The second-order valence-corrected chi connectivity index (χ2v) is 4.43. The van der Waals surface area contributed by atoms with Gasteiger partial charge in [-0.3, -0.25) is 10.1 Å². The maximum absolute atomic E-state index is 13.2. The number of nitro groups is 1. The molecular formula is C13H14FN3O3. The molecule has 7 heteroatoms. The molecule has 0 aliphatic carbocycles. The maximum atomic E-state index is 13.2. The molecule has 0 amide bonds. The van der Waals surface area contributed by atoms with Gasteiger partial charge < -0.3 is 9.73 Å². The van der Waals surface area contributed by atoms with Gasteiger partial charge in [-0.2, -0.15) is 0 Å². The van der Waals surface area contributed by atoms with Gasteiger partial charge in [-0.25, -0.2) is 9.37 Å². The van der Waals surface area contributed by atoms with E-state index in [1.165, 1.54) is 12.1 Å². The molecular weight excluding hydrogens is 265 g/mol. The highest BCUT2D eigenvalue weighted by molar-refractivity contribution is 5.35. The SMILES string of the molecule is Cc1nc(CNCc2cc(F)cc([N+](=O)[O-])c2)oc1C. The van der Waals surface area contributed by atoms with Crippen LogP contribution in [0.3, 0.4) is 0 Å². The minimum Gasteiger partial charge on any atom is -0.444 e. The van der Waals surface area contributed by atoms with Gasteiger partial charge in [0, 0.05) is 12.6 Å². The predicted octanol–water partition coefficient (Wildman–Crippen LogP) is 2.63. The molecule has 0 saturated heterocycles. The van der Waals surface area contributed by atoms with Gasteiger partial charge in [0.15, 0.2) is 0 Å². The number of nitrogens with zero attached hydrogens (tertiary/aromatic N) is 2. The molecule has 0 unspecified atom stereocenters. The zero-order valence-corrected chi connectivity index (χ0v) is 11.1. The Kier molecular flexibility index (Phi) is 4.09. The maximum Gasteiger partial charge on any atom is 0.272 e. The molecule has 1 aromatic carbocycles. The van der Waals surface area contributed by atoms with Crippen LogP contribution in [-0.2, 0) is 13.1 Å². The molecule has 2 rings (SSSR count). The van der Waals surface area contributed by atoms with Crippen LogP contribution in [0.1, 0.15) is 22.9 Å². The van der Waals surface area contributed by atoms with E-state index in [0.717, 1.165) is 17.5 Å². The molecule has 1 aromatic heterocycles. The Bertz CT molecular complexity index is 620. The fourth-order valence-electron chi connectivity index (χ4n) is 1.77. The Morgan fingerprint density at radius 3 is 2.70 bits per heavy atom. The molecule has 106 valence electrons. The molecule has 0 bridgehead atoms. The van der Waals surface area contributed by atoms with Gasteiger partial charge in [0.25, 0.3) is 5.69 Å². The van der Waals surface area contributed by atoms with E-state index in [1.807, 2.05) is 13.8 Å². The number of aryl methyl sites for hydroxylation is 2. The van der Waals surface area contributed by atoms with Crippen LogP contribution in [0.4, 0.5) is 10.1 Å². The van der Waals surface area contributed by atoms with Gasteiger partial charge in [-0.15, -0.1) is 0 Å². The van der Waals surface area contributed by atoms with Crippen molar-refractivity contribution in [1.82, 2.24) is 10.3 Å². The smallest absolute Gasteiger partial charge is 0.272 e. The lowest BCUT2D eigenvalue weighted by atomic mass is 10.2. The zero-order valence-electron chi connectivity index (χ0n) is 11.1. The van der Waals surface area contributed by atoms with E-state index in [0.29, 0.717) is 24.5 Å². The summed E-state index contributed by atoms with van der Waals surface area (Å²) in [4.78, 5) is 14.2. The summed E-state index contributed by atoms with van der Waals surface area (Å²) in [5.41, 5.74) is 1.06. The number of hydrogen-bond acceptors (Lipinski definition) is 5. The van der Waals surface area contributed by atoms with Crippen molar-refractivity contribution in [2.75, 3.05) is 0 Å². The second-order valence-electron chi connectivity index (χ2n) is 4.43. The van der Waals surface area contributed by atoms with E-state index in [-0.39, 0.29) is 5.69 Å². The molecule has 0 saturated carbocycles. The van der Waals surface area contributed by atoms with Gasteiger partial charge in [-0.1, -0.05) is 0 Å². The normalized spacial score (nSPS) is 10.8. The van der Waals surface area contributed by atoms with Crippen LogP contribution in [0, 0.1) is 29.8 Å². The Hall–Kier alpha value is -2.28. The van der Waals surface area contributed by atoms with Gasteiger partial charge in [0.2, 0.25) is 5.89 Å². The van der Waals surface area contributed by atoms with E-state index in [1.54, 1.807) is 0 Å². The molecule has 0 spiro atoms. The van der Waals surface area contributed by atoms with E-state index in [2.05, 4.69) is 10.3 Å². The van der Waals surface area contributed by atoms with Crippen LogP contribution >= 0.6 is 0 Å². The van der Waals surface area contributed by atoms with Crippen LogP contribution < -0.4 is 5.32 Å². The fraction of sp³-hybridized carbons (Fsp3) is 0.308. The number of oxazole rings is 1. The molecule has 1 N–H and O–H groups in total. The van der Waals surface area contributed by atoms with E-state index in [9.17, 15) is 14.5 Å². The fourth-order valence-corrected chi connectivity index (χ4v) is 1.77. The van der Waals surface area contributed by atoms with Crippen molar-refractivity contribution < 1.29 is 13.7 Å². The first-order valence-electron chi connectivity index (χ1n) is 6.03. The summed E-state index contributed by atoms with van der Waals surface area (Å²) in [5.74, 6) is 0.660. The lowest BCUT2D eigenvalue weighted by Gasteiger charge is -2.03. The summed E-state index contributed by atoms with van der Waals surface area (Å²) in [6, 6.07) is 3.48. The summed E-state index contributed by atoms with van der Waals surface area (Å²) >= 11 is 0. The average molecular weight is 279 g/mol. The van der Waals surface area contributed by atoms with Crippen molar-refractivity contribution in [2.45, 2.75) is 26.9 Å². The highest BCUT2D eigenvalue weighted by Gasteiger charge is 2.10. The number of nitrogens with one attached hydrogen (secondary N) is 1. The van der Waals surface area contributed by atoms with Crippen LogP contribution in [0.15, 0.2) is 22.6 Å². The van der Waals surface area contributed by atoms with E-state index in [4.69, 9.17) is 4.42 Å². The first-order valence-corrected chi connectivity index (χ1v) is 6.03. The summed E-state index contributed by atoms with van der Waals surface area (Å²) < 4.78 is 18.6. The van der Waals surface area contributed by atoms with Crippen molar-refractivity contribution in [1.29, 1.82) is 0 Å². The van der Waals surface area contributed by atoms with Crippen LogP contribution in [0.2, 0.25) is 0 Å². The highest BCUT2D eigenvalue weighted by Crippen LogP contribution is 2.16. The third-order valence-electron chi connectivity index (χ3n) is 2.83. The molecule has 0 fully saturated rings. The van der Waals surface area contributed by atoms with Gasteiger partial charge in [0.1, 0.15) is 11.6 Å². The van der Waals surface area contributed by atoms with Crippen LogP contribution in [-0.4, -0.2) is 9.91 Å². The van der Waals surface area contributed by atoms with Gasteiger partial charge in [0.05, 0.1) is 23.2 Å². The average Bonchev–Trinajstić information content (AvgIpc) is 2.68. The Morgan fingerprint density at radius 1 is 1.35 bits per heavy atom. The number of halogens is 1. The Labute approximate surface area is 114 Å². The second kappa shape index (κ2) is 5.79. The zero-order chi connectivity index (χ0) is 14.7. The molecule has 20 heavy (non-hydrogen) atoms. The standard InChI is InChI=1S/C13H14FN3O3/c1-8-9(2)20-13(16-8)7-15-6-10-3-11(14)5-12(4-10)17(18)19/h3-5,15H,6-7H2,1-2H3. The summed E-state index contributed by atoms with van der Waals surface area (Å²) in [7, 11) is 0. The number of hydrogen-bond donors (Lipinski definition) is 1. The molecule has 6 nitrogen and oxygen atoms in total. The Balaban J connectivity index is 1.98. The molecule has 0 aliphatic heterocycles. The lowest BCUT2D eigenvalue weighted by Crippen LogP contribution is -2.13. The molecule has 1 heterocycles. The molecule has 2 aromatic rings. The summed E-state index contributed by atoms with van der Waals surface area (Å²) in [6.45, 7) is 4.33. The van der Waals surface area contributed by atoms with Crippen molar-refractivity contribution >= 4 is 5.69 Å². The van der Waals surface area contributed by atoms with Crippen molar-refractivity contribution in [2.24, 2.45) is 0 Å². The summed E-state index contributed by atoms with van der Waals surface area (Å²) in [5, 5.41) is 13.6. The van der Waals surface area contributed by atoms with Gasteiger partial charge >= 0.3 is 0 Å². The summed E-state index contributed by atoms with van der Waals surface area (Å²) in [6.07, 6.45) is 0. The Morgan fingerprint density at radius 2 is 2.10 bits per heavy atom. The monoisotopic (exact) mass is 279 g/mol. The third-order valence-corrected chi connectivity index (χ3v) is 2.83. The quantitative estimate of drug-likeness (QED) is 0.672. The minimum absolute atomic E-state index is 0.260. The van der Waals surface area contributed by atoms with E-state index < -0.39 is 10.7 Å². The molecule has 0 aliphatic rings. The minimum atomic E-state index is -0.626. The van der Waals surface area contributed by atoms with Crippen molar-refractivity contribution in [3.05, 3.63) is 57.0 Å². The third kappa shape index (κ3) is 3.39. The number of aromatic nitrogens is 1. The number of benzene rings is 1. The number of nitro benzene ring substituents is 1. The first-order chi connectivity index (χ1) is 9.45. The van der Waals surface area contributed by atoms with Crippen LogP contribution in [0.5, 0.6) is 0 Å². The van der Waals surface area contributed by atoms with Gasteiger partial charge in [-0.05, 0) is 25.5 Å². The van der Waals surface area contributed by atoms with Crippen molar-refractivity contribution in [3.63, 3.8) is 0 Å². The lowest BCUT2D eigenvalue weighted by molar-refractivity contribution is -0.385.